The van der Waals surface area contributed by atoms with Crippen molar-refractivity contribution in [2.24, 2.45) is 0 Å². The monoisotopic (exact) mass is 194 g/mol. The minimum absolute atomic E-state index is 0.273. The molecule has 0 atom stereocenters. The Morgan fingerprint density at radius 2 is 1.36 bits per heavy atom. The number of hydrogen-bond donors (Lipinski definition) is 0. The molecule has 0 aromatic rings. The molecule has 0 aliphatic carbocycles. The van der Waals surface area contributed by atoms with Crippen molar-refractivity contribution in [3.63, 3.8) is 0 Å². The van der Waals surface area contributed by atoms with Crippen LogP contribution in [0.2, 0.25) is 0 Å². The Labute approximate surface area is 76.6 Å². The number of rotatable bonds is 4. The van der Waals surface area contributed by atoms with Crippen molar-refractivity contribution in [3.8, 4) is 0 Å². The Bertz CT molecular complexity index is 131. The maximum absolute atomic E-state index is 5.01. The standard InChI is InChI=1S/C6H10O3S2/c1-7-5(10)3-9-4-6(11)8-2/h3-4H2,1-2H3. The first-order valence-electron chi connectivity index (χ1n) is 2.92. The summed E-state index contributed by atoms with van der Waals surface area (Å²) in [5.41, 5.74) is 0. The zero-order chi connectivity index (χ0) is 8.69. The molecule has 0 N–H and O–H groups in total. The predicted molar refractivity (Wildman–Crippen MR) is 50.0 cm³/mol. The molecule has 0 fully saturated rings. The highest BCUT2D eigenvalue weighted by Gasteiger charge is 1.97. The van der Waals surface area contributed by atoms with Crippen LogP contribution in [0.15, 0.2) is 0 Å². The fourth-order valence-electron chi connectivity index (χ4n) is 0.336. The van der Waals surface area contributed by atoms with Crippen LogP contribution in [-0.2, 0) is 14.2 Å². The SMILES string of the molecule is COC(=S)COCC(=S)OC. The van der Waals surface area contributed by atoms with Crippen molar-refractivity contribution in [1.82, 2.24) is 0 Å². The lowest BCUT2D eigenvalue weighted by Crippen LogP contribution is -2.14. The van der Waals surface area contributed by atoms with Crippen molar-refractivity contribution in [3.05, 3.63) is 0 Å². The van der Waals surface area contributed by atoms with E-state index < -0.39 is 0 Å². The summed E-state index contributed by atoms with van der Waals surface area (Å²) in [5.74, 6) is 0. The Balaban J connectivity index is 3.27. The maximum Gasteiger partial charge on any atom is 0.185 e. The second-order valence-electron chi connectivity index (χ2n) is 1.65. The van der Waals surface area contributed by atoms with E-state index >= 15 is 0 Å². The molecular weight excluding hydrogens is 184 g/mol. The highest BCUT2D eigenvalue weighted by atomic mass is 32.1. The second kappa shape index (κ2) is 6.45. The van der Waals surface area contributed by atoms with Crippen molar-refractivity contribution >= 4 is 34.5 Å². The molecule has 0 saturated carbocycles. The second-order valence-corrected chi connectivity index (χ2v) is 2.56. The summed E-state index contributed by atoms with van der Waals surface area (Å²) < 4.78 is 14.4. The molecule has 64 valence electrons. The predicted octanol–water partition coefficient (Wildman–Crippen LogP) is 0.951. The van der Waals surface area contributed by atoms with Crippen LogP contribution in [0.3, 0.4) is 0 Å². The van der Waals surface area contributed by atoms with Crippen LogP contribution in [0.1, 0.15) is 0 Å². The normalized spacial score (nSPS) is 8.91. The summed E-state index contributed by atoms with van der Waals surface area (Å²) in [4.78, 5) is 0. The minimum Gasteiger partial charge on any atom is -0.488 e. The fourth-order valence-corrected chi connectivity index (χ4v) is 0.502. The maximum atomic E-state index is 5.01. The van der Waals surface area contributed by atoms with E-state index in [1.54, 1.807) is 0 Å². The molecule has 0 aliphatic rings. The van der Waals surface area contributed by atoms with Crippen molar-refractivity contribution in [2.45, 2.75) is 0 Å². The zero-order valence-corrected chi connectivity index (χ0v) is 8.09. The van der Waals surface area contributed by atoms with E-state index in [0.717, 1.165) is 0 Å². The van der Waals surface area contributed by atoms with E-state index in [1.165, 1.54) is 14.2 Å². The van der Waals surface area contributed by atoms with E-state index in [1.807, 2.05) is 0 Å². The van der Waals surface area contributed by atoms with Gasteiger partial charge in [0.1, 0.15) is 13.2 Å². The first-order valence-corrected chi connectivity index (χ1v) is 3.73. The van der Waals surface area contributed by atoms with Gasteiger partial charge in [0.25, 0.3) is 0 Å². The molecule has 0 unspecified atom stereocenters. The van der Waals surface area contributed by atoms with Crippen molar-refractivity contribution in [2.75, 3.05) is 27.4 Å². The van der Waals surface area contributed by atoms with Gasteiger partial charge in [0.2, 0.25) is 0 Å². The molecule has 0 aromatic carbocycles. The summed E-state index contributed by atoms with van der Waals surface area (Å²) in [6.07, 6.45) is 0. The van der Waals surface area contributed by atoms with Gasteiger partial charge in [-0.3, -0.25) is 0 Å². The van der Waals surface area contributed by atoms with Gasteiger partial charge in [-0.25, -0.2) is 0 Å². The van der Waals surface area contributed by atoms with E-state index in [-0.39, 0.29) is 13.2 Å². The summed E-state index contributed by atoms with van der Waals surface area (Å²) in [7, 11) is 3.00. The van der Waals surface area contributed by atoms with Crippen molar-refractivity contribution in [1.29, 1.82) is 0 Å². The lowest BCUT2D eigenvalue weighted by atomic mass is 10.7. The lowest BCUT2D eigenvalue weighted by molar-refractivity contribution is 0.183. The third-order valence-electron chi connectivity index (χ3n) is 0.895. The first-order chi connectivity index (χ1) is 5.20. The van der Waals surface area contributed by atoms with E-state index in [0.29, 0.717) is 10.1 Å². The van der Waals surface area contributed by atoms with Crippen LogP contribution in [0.5, 0.6) is 0 Å². The molecule has 0 aromatic heterocycles. The lowest BCUT2D eigenvalue weighted by Gasteiger charge is -2.04. The average Bonchev–Trinajstić information content (AvgIpc) is 2.04. The molecule has 0 heterocycles. The number of hydrogen-bond acceptors (Lipinski definition) is 5. The smallest absolute Gasteiger partial charge is 0.185 e. The van der Waals surface area contributed by atoms with Crippen LogP contribution in [-0.4, -0.2) is 37.5 Å². The quantitative estimate of drug-likeness (QED) is 0.621. The highest BCUT2D eigenvalue weighted by molar-refractivity contribution is 7.80. The van der Waals surface area contributed by atoms with Gasteiger partial charge >= 0.3 is 0 Å². The summed E-state index contributed by atoms with van der Waals surface area (Å²) >= 11 is 9.42. The number of ether oxygens (including phenoxy) is 3. The van der Waals surface area contributed by atoms with Gasteiger partial charge in [0.15, 0.2) is 10.1 Å². The third kappa shape index (κ3) is 6.15. The summed E-state index contributed by atoms with van der Waals surface area (Å²) in [6.45, 7) is 0.546. The van der Waals surface area contributed by atoms with E-state index in [4.69, 9.17) is 29.2 Å². The van der Waals surface area contributed by atoms with Crippen LogP contribution in [0.4, 0.5) is 0 Å². The zero-order valence-electron chi connectivity index (χ0n) is 6.46. The van der Waals surface area contributed by atoms with Crippen LogP contribution >= 0.6 is 24.4 Å². The topological polar surface area (TPSA) is 27.7 Å². The van der Waals surface area contributed by atoms with Gasteiger partial charge in [-0.05, 0) is 24.4 Å². The molecule has 0 amide bonds. The fraction of sp³-hybridized carbons (Fsp3) is 0.667. The van der Waals surface area contributed by atoms with Gasteiger partial charge in [0, 0.05) is 0 Å². The Hall–Kier alpha value is -0.260. The average molecular weight is 194 g/mol. The number of thiocarbonyl (C=S) groups is 2. The van der Waals surface area contributed by atoms with E-state index in [9.17, 15) is 0 Å². The molecular formula is C6H10O3S2. The Kier molecular flexibility index (Phi) is 6.30. The van der Waals surface area contributed by atoms with Gasteiger partial charge in [-0.2, -0.15) is 0 Å². The first kappa shape index (κ1) is 10.7. The molecule has 0 aliphatic heterocycles. The molecule has 3 nitrogen and oxygen atoms in total. The minimum atomic E-state index is 0.273. The summed E-state index contributed by atoms with van der Waals surface area (Å²) in [6, 6.07) is 0. The van der Waals surface area contributed by atoms with Gasteiger partial charge in [-0.15, -0.1) is 0 Å². The van der Waals surface area contributed by atoms with Crippen LogP contribution < -0.4 is 0 Å². The largest absolute Gasteiger partial charge is 0.488 e. The van der Waals surface area contributed by atoms with Gasteiger partial charge < -0.3 is 14.2 Å². The van der Waals surface area contributed by atoms with E-state index in [2.05, 4.69) is 9.47 Å². The molecule has 0 rings (SSSR count). The Morgan fingerprint density at radius 1 is 1.00 bits per heavy atom. The molecule has 0 saturated heterocycles. The van der Waals surface area contributed by atoms with Crippen LogP contribution in [0.25, 0.3) is 0 Å². The third-order valence-corrected chi connectivity index (χ3v) is 1.46. The molecule has 0 spiro atoms. The molecule has 0 radical (unpaired) electrons. The van der Waals surface area contributed by atoms with Crippen LogP contribution in [0, 0.1) is 0 Å². The molecule has 11 heavy (non-hydrogen) atoms. The number of methoxy groups -OCH3 is 2. The summed E-state index contributed by atoms with van der Waals surface area (Å²) in [5, 5.41) is 0.813. The van der Waals surface area contributed by atoms with Crippen molar-refractivity contribution < 1.29 is 14.2 Å². The highest BCUT2D eigenvalue weighted by Crippen LogP contribution is 1.85. The van der Waals surface area contributed by atoms with Gasteiger partial charge in [0.05, 0.1) is 14.2 Å². The Morgan fingerprint density at radius 3 is 1.64 bits per heavy atom. The van der Waals surface area contributed by atoms with Gasteiger partial charge in [-0.1, -0.05) is 0 Å². The molecule has 0 bridgehead atoms. The molecule has 5 heteroatoms.